The highest BCUT2D eigenvalue weighted by Crippen LogP contribution is 2.30. The molecule has 0 radical (unpaired) electrons. The van der Waals surface area contributed by atoms with Crippen molar-refractivity contribution in [3.05, 3.63) is 36.0 Å². The highest BCUT2D eigenvalue weighted by Gasteiger charge is 2.21. The Balaban J connectivity index is 2.16. The van der Waals surface area contributed by atoms with Crippen LogP contribution in [0.3, 0.4) is 0 Å². The number of amides is 2. The fourth-order valence-electron chi connectivity index (χ4n) is 2.41. The number of rotatable bonds is 7. The third-order valence-electron chi connectivity index (χ3n) is 3.62. The smallest absolute Gasteiger partial charge is 0.318 e. The summed E-state index contributed by atoms with van der Waals surface area (Å²) in [5, 5.41) is 7.06. The summed E-state index contributed by atoms with van der Waals surface area (Å²) in [5.41, 5.74) is 1.15. The minimum Gasteiger partial charge on any atom is -0.496 e. The molecule has 0 aliphatic carbocycles. The molecule has 0 fully saturated rings. The first-order chi connectivity index (χ1) is 12.3. The van der Waals surface area contributed by atoms with Gasteiger partial charge >= 0.3 is 6.03 Å². The quantitative estimate of drug-likeness (QED) is 0.819. The van der Waals surface area contributed by atoms with Crippen molar-refractivity contribution in [3.63, 3.8) is 0 Å². The summed E-state index contributed by atoms with van der Waals surface area (Å²) in [6, 6.07) is 9.21. The summed E-state index contributed by atoms with van der Waals surface area (Å²) in [5.74, 6) is 1.30. The Morgan fingerprint density at radius 1 is 1.27 bits per heavy atom. The minimum atomic E-state index is -0.325. The summed E-state index contributed by atoms with van der Waals surface area (Å²) in [7, 11) is 3.22. The highest BCUT2D eigenvalue weighted by atomic mass is 16.5. The number of nitrogens with one attached hydrogen (secondary N) is 1. The van der Waals surface area contributed by atoms with Crippen molar-refractivity contribution in [3.8, 4) is 17.1 Å². The van der Waals surface area contributed by atoms with Crippen molar-refractivity contribution < 1.29 is 18.8 Å². The van der Waals surface area contributed by atoms with E-state index < -0.39 is 0 Å². The predicted octanol–water partition coefficient (Wildman–Crippen LogP) is 3.31. The normalized spacial score (nSPS) is 11.3. The highest BCUT2D eigenvalue weighted by molar-refractivity contribution is 5.75. The Kier molecular flexibility index (Phi) is 6.63. The topological polar surface area (TPSA) is 76.8 Å². The molecule has 7 nitrogen and oxygen atoms in total. The molecule has 0 atom stereocenters. The van der Waals surface area contributed by atoms with E-state index in [1.807, 2.05) is 51.1 Å². The monoisotopic (exact) mass is 361 g/mol. The van der Waals surface area contributed by atoms with Gasteiger partial charge in [-0.2, -0.15) is 0 Å². The molecule has 1 aromatic heterocycles. The van der Waals surface area contributed by atoms with Gasteiger partial charge in [0, 0.05) is 25.3 Å². The van der Waals surface area contributed by atoms with Crippen molar-refractivity contribution in [1.29, 1.82) is 0 Å². The fourth-order valence-corrected chi connectivity index (χ4v) is 2.41. The van der Waals surface area contributed by atoms with Crippen molar-refractivity contribution in [2.45, 2.75) is 32.9 Å². The van der Waals surface area contributed by atoms with Gasteiger partial charge in [-0.3, -0.25) is 0 Å². The molecule has 0 saturated heterocycles. The molecule has 7 heteroatoms. The largest absolute Gasteiger partial charge is 0.496 e. The van der Waals surface area contributed by atoms with Crippen LogP contribution in [0.4, 0.5) is 4.79 Å². The molecule has 0 saturated carbocycles. The molecule has 0 spiro atoms. The van der Waals surface area contributed by atoms with Gasteiger partial charge in [-0.15, -0.1) is 0 Å². The van der Waals surface area contributed by atoms with Gasteiger partial charge in [0.25, 0.3) is 0 Å². The van der Waals surface area contributed by atoms with Gasteiger partial charge in [-0.05, 0) is 32.9 Å². The van der Waals surface area contributed by atoms with E-state index in [1.165, 1.54) is 0 Å². The van der Waals surface area contributed by atoms with E-state index in [4.69, 9.17) is 14.0 Å². The molecule has 2 amide bonds. The van der Waals surface area contributed by atoms with E-state index in [1.54, 1.807) is 19.1 Å². The fraction of sp³-hybridized carbons (Fsp3) is 0.474. The molecule has 0 bridgehead atoms. The van der Waals surface area contributed by atoms with Crippen LogP contribution in [0.1, 0.15) is 26.5 Å². The van der Waals surface area contributed by atoms with Crippen LogP contribution in [0.25, 0.3) is 11.3 Å². The minimum absolute atomic E-state index is 0.170. The number of para-hydroxylation sites is 1. The third-order valence-corrected chi connectivity index (χ3v) is 3.62. The van der Waals surface area contributed by atoms with Crippen LogP contribution in [0, 0.1) is 0 Å². The van der Waals surface area contributed by atoms with E-state index in [9.17, 15) is 4.79 Å². The zero-order chi connectivity index (χ0) is 19.2. The van der Waals surface area contributed by atoms with Crippen LogP contribution in [0.2, 0.25) is 0 Å². The molecular weight excluding hydrogens is 334 g/mol. The number of hydrogen-bond donors (Lipinski definition) is 1. The second kappa shape index (κ2) is 8.71. The van der Waals surface area contributed by atoms with Crippen molar-refractivity contribution in [1.82, 2.24) is 15.4 Å². The first-order valence-electron chi connectivity index (χ1n) is 8.49. The first-order valence-corrected chi connectivity index (χ1v) is 8.49. The Bertz CT molecular complexity index is 722. The van der Waals surface area contributed by atoms with E-state index in [-0.39, 0.29) is 11.6 Å². The summed E-state index contributed by atoms with van der Waals surface area (Å²) >= 11 is 0. The zero-order valence-corrected chi connectivity index (χ0v) is 16.0. The van der Waals surface area contributed by atoms with E-state index in [0.717, 1.165) is 5.56 Å². The summed E-state index contributed by atoms with van der Waals surface area (Å²) in [6.45, 7) is 7.04. The van der Waals surface area contributed by atoms with Gasteiger partial charge in [-0.25, -0.2) is 4.79 Å². The lowest BCUT2D eigenvalue weighted by molar-refractivity contribution is 0.141. The Hall–Kier alpha value is -2.54. The Labute approximate surface area is 154 Å². The predicted molar refractivity (Wildman–Crippen MR) is 99.1 cm³/mol. The maximum Gasteiger partial charge on any atom is 0.318 e. The van der Waals surface area contributed by atoms with Gasteiger partial charge in [0.05, 0.1) is 25.8 Å². The molecule has 26 heavy (non-hydrogen) atoms. The molecular formula is C19H27N3O4. The molecule has 1 N–H and O–H groups in total. The lowest BCUT2D eigenvalue weighted by Crippen LogP contribution is -2.49. The van der Waals surface area contributed by atoms with E-state index in [2.05, 4.69) is 10.5 Å². The summed E-state index contributed by atoms with van der Waals surface area (Å²) < 4.78 is 15.9. The molecule has 2 aromatic rings. The van der Waals surface area contributed by atoms with Crippen molar-refractivity contribution in [2.24, 2.45) is 0 Å². The third kappa shape index (κ3) is 5.49. The number of aromatic nitrogens is 1. The number of carbonyl (C=O) groups excluding carboxylic acids is 1. The lowest BCUT2D eigenvalue weighted by Gasteiger charge is -2.27. The van der Waals surface area contributed by atoms with Crippen molar-refractivity contribution in [2.75, 3.05) is 27.4 Å². The molecule has 0 unspecified atom stereocenters. The lowest BCUT2D eigenvalue weighted by atomic mass is 10.1. The van der Waals surface area contributed by atoms with E-state index >= 15 is 0 Å². The van der Waals surface area contributed by atoms with Crippen LogP contribution in [-0.2, 0) is 11.3 Å². The average molecular weight is 361 g/mol. The standard InChI is InChI=1S/C19H27N3O4/c1-19(2,3)20-18(23)22(10-11-24-4)13-14-12-17(26-21-14)15-8-6-7-9-16(15)25-5/h6-9,12H,10-11,13H2,1-5H3,(H,20,23). The molecule has 0 aliphatic rings. The van der Waals surface area contributed by atoms with Gasteiger partial charge in [-0.1, -0.05) is 17.3 Å². The second-order valence-electron chi connectivity index (χ2n) is 6.98. The average Bonchev–Trinajstić information content (AvgIpc) is 3.05. The van der Waals surface area contributed by atoms with Gasteiger partial charge < -0.3 is 24.2 Å². The number of urea groups is 1. The zero-order valence-electron chi connectivity index (χ0n) is 16.0. The van der Waals surface area contributed by atoms with Gasteiger partial charge in [0.15, 0.2) is 5.76 Å². The number of carbonyl (C=O) groups is 1. The molecule has 142 valence electrons. The molecule has 1 aromatic carbocycles. The van der Waals surface area contributed by atoms with Crippen LogP contribution in [0.5, 0.6) is 5.75 Å². The van der Waals surface area contributed by atoms with E-state index in [0.29, 0.717) is 36.9 Å². The SMILES string of the molecule is COCCN(Cc1cc(-c2ccccc2OC)on1)C(=O)NC(C)(C)C. The summed E-state index contributed by atoms with van der Waals surface area (Å²) in [4.78, 5) is 14.2. The first kappa shape index (κ1) is 19.8. The van der Waals surface area contributed by atoms with Gasteiger partial charge in [0.1, 0.15) is 11.4 Å². The van der Waals surface area contributed by atoms with Gasteiger partial charge in [0.2, 0.25) is 0 Å². The number of benzene rings is 1. The molecule has 1 heterocycles. The maximum absolute atomic E-state index is 12.5. The molecule has 2 rings (SSSR count). The molecule has 0 aliphatic heterocycles. The van der Waals surface area contributed by atoms with Crippen molar-refractivity contribution >= 4 is 6.03 Å². The number of hydrogen-bond acceptors (Lipinski definition) is 5. The van der Waals surface area contributed by atoms with Crippen LogP contribution in [0.15, 0.2) is 34.9 Å². The second-order valence-corrected chi connectivity index (χ2v) is 6.98. The summed E-state index contributed by atoms with van der Waals surface area (Å²) in [6.07, 6.45) is 0. The van der Waals surface area contributed by atoms with Crippen LogP contribution in [-0.4, -0.2) is 49.0 Å². The maximum atomic E-state index is 12.5. The number of methoxy groups -OCH3 is 2. The Morgan fingerprint density at radius 2 is 2.00 bits per heavy atom. The van der Waals surface area contributed by atoms with Crippen LogP contribution >= 0.6 is 0 Å². The Morgan fingerprint density at radius 3 is 2.65 bits per heavy atom. The number of ether oxygens (including phenoxy) is 2. The van der Waals surface area contributed by atoms with Crippen LogP contribution < -0.4 is 10.1 Å². The number of nitrogens with zero attached hydrogens (tertiary/aromatic N) is 2.